The topological polar surface area (TPSA) is 0 Å². The maximum absolute atomic E-state index is 2.37. The molecule has 1 heteroatoms. The molecule has 0 aliphatic rings. The summed E-state index contributed by atoms with van der Waals surface area (Å²) < 4.78 is 0. The number of benzene rings is 1. The predicted molar refractivity (Wildman–Crippen MR) is 70.0 cm³/mol. The largest absolute Gasteiger partial charge is 0.151 e. The van der Waals surface area contributed by atoms with E-state index in [0.717, 1.165) is 0 Å². The lowest BCUT2D eigenvalue weighted by Crippen LogP contribution is -1.98. The van der Waals surface area contributed by atoms with Crippen molar-refractivity contribution >= 4 is 22.1 Å². The van der Waals surface area contributed by atoms with Gasteiger partial charge < -0.3 is 0 Å². The molecule has 1 aromatic heterocycles. The van der Waals surface area contributed by atoms with E-state index in [1.807, 2.05) is 0 Å². The van der Waals surface area contributed by atoms with Gasteiger partial charge >= 0.3 is 0 Å². The molecule has 15 heavy (non-hydrogen) atoms. The van der Waals surface area contributed by atoms with Crippen molar-refractivity contribution in [2.75, 3.05) is 0 Å². The first-order chi connectivity index (χ1) is 7.09. The van der Waals surface area contributed by atoms with Crippen molar-refractivity contribution in [2.24, 2.45) is 0 Å². The van der Waals surface area contributed by atoms with Crippen molar-refractivity contribution in [3.63, 3.8) is 0 Å². The molecule has 0 aliphatic carbocycles. The maximum Gasteiger partial charge on any atom is -0.00144 e. The Labute approximate surface area is 95.9 Å². The number of rotatable bonds is 2. The quantitative estimate of drug-likeness (QED) is 0.654. The number of fused-ring (bicyclic) bond motifs is 1. The van der Waals surface area contributed by atoms with Crippen LogP contribution in [0.4, 0.5) is 0 Å². The second-order valence-corrected chi connectivity index (χ2v) is 5.53. The average molecular weight is 218 g/mol. The van der Waals surface area contributed by atoms with Crippen LogP contribution in [0.1, 0.15) is 50.7 Å². The molecule has 2 aromatic rings. The summed E-state index contributed by atoms with van der Waals surface area (Å²) in [6, 6.07) is 4.73. The fourth-order valence-corrected chi connectivity index (χ4v) is 2.82. The van der Waals surface area contributed by atoms with Gasteiger partial charge in [0.25, 0.3) is 0 Å². The Morgan fingerprint density at radius 1 is 0.800 bits per heavy atom. The molecule has 0 amide bonds. The SMILES string of the molecule is CC(C)c1cc2cscc2cc1C(C)C. The summed E-state index contributed by atoms with van der Waals surface area (Å²) in [6.45, 7) is 9.11. The Balaban J connectivity index is 2.68. The Hall–Kier alpha value is -0.820. The molecular formula is C14H18S. The van der Waals surface area contributed by atoms with E-state index in [2.05, 4.69) is 50.6 Å². The number of hydrogen-bond donors (Lipinski definition) is 0. The van der Waals surface area contributed by atoms with Crippen molar-refractivity contribution in [3.8, 4) is 0 Å². The van der Waals surface area contributed by atoms with Crippen molar-refractivity contribution in [1.82, 2.24) is 0 Å². The third-order valence-corrected chi connectivity index (χ3v) is 3.70. The summed E-state index contributed by atoms with van der Waals surface area (Å²) in [4.78, 5) is 0. The van der Waals surface area contributed by atoms with Crippen LogP contribution in [0, 0.1) is 0 Å². The van der Waals surface area contributed by atoms with Gasteiger partial charge in [-0.2, -0.15) is 11.3 Å². The normalized spacial score (nSPS) is 11.9. The zero-order valence-corrected chi connectivity index (χ0v) is 10.7. The van der Waals surface area contributed by atoms with Crippen molar-refractivity contribution < 1.29 is 0 Å². The molecule has 80 valence electrons. The van der Waals surface area contributed by atoms with E-state index in [1.54, 1.807) is 11.3 Å². The van der Waals surface area contributed by atoms with Gasteiger partial charge in [-0.3, -0.25) is 0 Å². The van der Waals surface area contributed by atoms with E-state index in [0.29, 0.717) is 11.8 Å². The third-order valence-electron chi connectivity index (χ3n) is 2.92. The molecule has 1 heterocycles. The monoisotopic (exact) mass is 218 g/mol. The lowest BCUT2D eigenvalue weighted by molar-refractivity contribution is 0.793. The van der Waals surface area contributed by atoms with E-state index in [9.17, 15) is 0 Å². The molecule has 0 saturated heterocycles. The predicted octanol–water partition coefficient (Wildman–Crippen LogP) is 5.15. The average Bonchev–Trinajstić information content (AvgIpc) is 2.61. The fourth-order valence-electron chi connectivity index (χ4n) is 2.05. The van der Waals surface area contributed by atoms with E-state index in [4.69, 9.17) is 0 Å². The van der Waals surface area contributed by atoms with Crippen LogP contribution in [-0.4, -0.2) is 0 Å². The zero-order valence-electron chi connectivity index (χ0n) is 9.87. The molecule has 0 radical (unpaired) electrons. The van der Waals surface area contributed by atoms with Gasteiger partial charge in [0.1, 0.15) is 0 Å². The fraction of sp³-hybridized carbons (Fsp3) is 0.429. The molecule has 0 spiro atoms. The van der Waals surface area contributed by atoms with Crippen LogP contribution >= 0.6 is 11.3 Å². The Bertz CT molecular complexity index is 421. The van der Waals surface area contributed by atoms with Crippen molar-refractivity contribution in [3.05, 3.63) is 34.0 Å². The highest BCUT2D eigenvalue weighted by Gasteiger charge is 2.11. The van der Waals surface area contributed by atoms with Crippen LogP contribution in [0.15, 0.2) is 22.9 Å². The Morgan fingerprint density at radius 3 is 1.53 bits per heavy atom. The van der Waals surface area contributed by atoms with E-state index in [-0.39, 0.29) is 0 Å². The molecule has 0 bridgehead atoms. The third kappa shape index (κ3) is 1.93. The van der Waals surface area contributed by atoms with Crippen LogP contribution in [0.3, 0.4) is 0 Å². The summed E-state index contributed by atoms with van der Waals surface area (Å²) in [5.41, 5.74) is 3.02. The summed E-state index contributed by atoms with van der Waals surface area (Å²) in [6.07, 6.45) is 0. The second-order valence-electron chi connectivity index (χ2n) is 4.79. The molecule has 0 nitrogen and oxygen atoms in total. The lowest BCUT2D eigenvalue weighted by Gasteiger charge is -2.16. The van der Waals surface area contributed by atoms with Gasteiger partial charge in [0.15, 0.2) is 0 Å². The summed E-state index contributed by atoms with van der Waals surface area (Å²) >= 11 is 1.79. The van der Waals surface area contributed by atoms with Crippen LogP contribution in [0.5, 0.6) is 0 Å². The molecule has 0 saturated carbocycles. The maximum atomic E-state index is 2.37. The lowest BCUT2D eigenvalue weighted by atomic mass is 9.89. The van der Waals surface area contributed by atoms with E-state index < -0.39 is 0 Å². The standard InChI is InChI=1S/C14H18S/c1-9(2)13-5-11-7-15-8-12(11)6-14(13)10(3)4/h5-10H,1-4H3. The first-order valence-corrected chi connectivity index (χ1v) is 6.53. The number of thiophene rings is 1. The smallest absolute Gasteiger partial charge is 0.00144 e. The number of hydrogen-bond acceptors (Lipinski definition) is 1. The van der Waals surface area contributed by atoms with E-state index in [1.165, 1.54) is 21.9 Å². The van der Waals surface area contributed by atoms with Gasteiger partial charge in [0, 0.05) is 0 Å². The van der Waals surface area contributed by atoms with Crippen LogP contribution in [-0.2, 0) is 0 Å². The van der Waals surface area contributed by atoms with Crippen LogP contribution in [0.2, 0.25) is 0 Å². The molecule has 0 atom stereocenters. The molecule has 0 N–H and O–H groups in total. The summed E-state index contributed by atoms with van der Waals surface area (Å²) in [5, 5.41) is 7.28. The van der Waals surface area contributed by atoms with Crippen molar-refractivity contribution in [1.29, 1.82) is 0 Å². The Morgan fingerprint density at radius 2 is 1.20 bits per heavy atom. The molecular weight excluding hydrogens is 200 g/mol. The molecule has 1 aromatic carbocycles. The van der Waals surface area contributed by atoms with Gasteiger partial charge in [-0.1, -0.05) is 27.7 Å². The van der Waals surface area contributed by atoms with Crippen LogP contribution in [0.25, 0.3) is 10.8 Å². The Kier molecular flexibility index (Phi) is 2.83. The van der Waals surface area contributed by atoms with Gasteiger partial charge in [-0.05, 0) is 56.6 Å². The summed E-state index contributed by atoms with van der Waals surface area (Å²) in [5.74, 6) is 1.23. The summed E-state index contributed by atoms with van der Waals surface area (Å²) in [7, 11) is 0. The molecule has 2 rings (SSSR count). The minimum atomic E-state index is 0.617. The molecule has 0 aliphatic heterocycles. The second kappa shape index (κ2) is 3.97. The first kappa shape index (κ1) is 10.7. The van der Waals surface area contributed by atoms with E-state index >= 15 is 0 Å². The molecule has 0 fully saturated rings. The minimum absolute atomic E-state index is 0.617. The highest BCUT2D eigenvalue weighted by Crippen LogP contribution is 2.31. The highest BCUT2D eigenvalue weighted by molar-refractivity contribution is 7.09. The highest BCUT2D eigenvalue weighted by atomic mass is 32.1. The minimum Gasteiger partial charge on any atom is -0.151 e. The van der Waals surface area contributed by atoms with Crippen LogP contribution < -0.4 is 0 Å². The molecule has 0 unspecified atom stereocenters. The first-order valence-electron chi connectivity index (χ1n) is 5.59. The van der Waals surface area contributed by atoms with Crippen molar-refractivity contribution in [2.45, 2.75) is 39.5 Å². The van der Waals surface area contributed by atoms with Gasteiger partial charge in [0.2, 0.25) is 0 Å². The zero-order chi connectivity index (χ0) is 11.0. The van der Waals surface area contributed by atoms with Gasteiger partial charge in [0.05, 0.1) is 0 Å². The van der Waals surface area contributed by atoms with Gasteiger partial charge in [-0.15, -0.1) is 0 Å². The van der Waals surface area contributed by atoms with Gasteiger partial charge in [-0.25, -0.2) is 0 Å².